The molecule has 2 nitrogen and oxygen atoms in total. The molecule has 0 saturated heterocycles. The molecule has 1 aliphatic heterocycles. The van der Waals surface area contributed by atoms with Crippen LogP contribution in [0, 0.1) is 6.92 Å². The van der Waals surface area contributed by atoms with Crippen molar-refractivity contribution in [2.45, 2.75) is 36.5 Å². The van der Waals surface area contributed by atoms with E-state index in [-0.39, 0.29) is 0 Å². The van der Waals surface area contributed by atoms with Gasteiger partial charge in [0, 0.05) is 21.9 Å². The van der Waals surface area contributed by atoms with Gasteiger partial charge >= 0.3 is 0 Å². The molecule has 1 aromatic rings. The Hall–Kier alpha value is -0.670. The second-order valence-electron chi connectivity index (χ2n) is 4.17. The molecule has 2 rings (SSSR count). The van der Waals surface area contributed by atoms with Crippen molar-refractivity contribution in [2.75, 3.05) is 11.9 Å². The summed E-state index contributed by atoms with van der Waals surface area (Å²) in [6.45, 7) is 5.13. The fourth-order valence-corrected chi connectivity index (χ4v) is 3.18. The van der Waals surface area contributed by atoms with Gasteiger partial charge < -0.3 is 11.1 Å². The molecule has 2 unspecified atom stereocenters. The van der Waals surface area contributed by atoms with E-state index >= 15 is 0 Å². The summed E-state index contributed by atoms with van der Waals surface area (Å²) in [5, 5.41) is 4.16. The van der Waals surface area contributed by atoms with E-state index in [1.165, 1.54) is 16.1 Å². The van der Waals surface area contributed by atoms with Gasteiger partial charge in [-0.15, -0.1) is 11.8 Å². The third kappa shape index (κ3) is 2.29. The van der Waals surface area contributed by atoms with Crippen LogP contribution in [0.3, 0.4) is 0 Å². The van der Waals surface area contributed by atoms with Crippen LogP contribution in [-0.2, 0) is 0 Å². The average Bonchev–Trinajstić information content (AvgIpc) is 2.20. The maximum atomic E-state index is 5.62. The molecule has 82 valence electrons. The van der Waals surface area contributed by atoms with Gasteiger partial charge in [-0.2, -0.15) is 0 Å². The minimum atomic E-state index is 0.507. The number of hydrogen-bond acceptors (Lipinski definition) is 3. The lowest BCUT2D eigenvalue weighted by Gasteiger charge is -2.31. The molecule has 0 bridgehead atoms. The largest absolute Gasteiger partial charge is 0.381 e. The Balaban J connectivity index is 2.22. The van der Waals surface area contributed by atoms with Gasteiger partial charge in [0.05, 0.1) is 0 Å². The molecule has 0 aromatic heterocycles. The number of rotatable bonds is 2. The van der Waals surface area contributed by atoms with Crippen molar-refractivity contribution in [1.82, 2.24) is 0 Å². The molecule has 2 atom stereocenters. The molecule has 0 spiro atoms. The Kier molecular flexibility index (Phi) is 3.22. The SMILES string of the molecule is Cc1ccc2c(c1)NC(C)C(CCN)S2. The first-order chi connectivity index (χ1) is 7.20. The molecule has 3 heteroatoms. The van der Waals surface area contributed by atoms with E-state index in [1.807, 2.05) is 11.8 Å². The number of fused-ring (bicyclic) bond motifs is 1. The first-order valence-corrected chi connectivity index (χ1v) is 6.32. The molecule has 3 N–H and O–H groups in total. The molecule has 0 radical (unpaired) electrons. The lowest BCUT2D eigenvalue weighted by Crippen LogP contribution is -2.33. The van der Waals surface area contributed by atoms with Crippen LogP contribution in [0.15, 0.2) is 23.1 Å². The summed E-state index contributed by atoms with van der Waals surface area (Å²) in [5.41, 5.74) is 8.21. The molecule has 1 aliphatic rings. The Morgan fingerprint density at radius 3 is 3.00 bits per heavy atom. The first kappa shape index (κ1) is 10.8. The van der Waals surface area contributed by atoms with Crippen LogP contribution >= 0.6 is 11.8 Å². The van der Waals surface area contributed by atoms with Crippen molar-refractivity contribution in [3.63, 3.8) is 0 Å². The minimum Gasteiger partial charge on any atom is -0.381 e. The molecule has 0 aliphatic carbocycles. The zero-order chi connectivity index (χ0) is 10.8. The summed E-state index contributed by atoms with van der Waals surface area (Å²) in [4.78, 5) is 1.36. The zero-order valence-electron chi connectivity index (χ0n) is 9.29. The summed E-state index contributed by atoms with van der Waals surface area (Å²) in [6, 6.07) is 7.10. The smallest absolute Gasteiger partial charge is 0.0483 e. The number of aryl methyl sites for hydroxylation is 1. The molecule has 1 heterocycles. The van der Waals surface area contributed by atoms with Gasteiger partial charge in [0.25, 0.3) is 0 Å². The topological polar surface area (TPSA) is 38.0 Å². The van der Waals surface area contributed by atoms with Crippen molar-refractivity contribution in [2.24, 2.45) is 5.73 Å². The molecule has 15 heavy (non-hydrogen) atoms. The molecule has 1 aromatic carbocycles. The summed E-state index contributed by atoms with van der Waals surface area (Å²) in [5.74, 6) is 0. The van der Waals surface area contributed by atoms with Crippen LogP contribution < -0.4 is 11.1 Å². The Labute approximate surface area is 95.6 Å². The standard InChI is InChI=1S/C12H18N2S/c1-8-3-4-12-10(7-8)14-9(2)11(15-12)5-6-13/h3-4,7,9,11,14H,5-6,13H2,1-2H3. The second-order valence-corrected chi connectivity index (χ2v) is 5.45. The first-order valence-electron chi connectivity index (χ1n) is 5.44. The van der Waals surface area contributed by atoms with Crippen molar-refractivity contribution in [1.29, 1.82) is 0 Å². The van der Waals surface area contributed by atoms with Crippen molar-refractivity contribution in [3.05, 3.63) is 23.8 Å². The molecular formula is C12H18N2S. The van der Waals surface area contributed by atoms with Crippen LogP contribution in [-0.4, -0.2) is 17.8 Å². The van der Waals surface area contributed by atoms with E-state index in [1.54, 1.807) is 0 Å². The Bertz CT molecular complexity index is 351. The molecule has 0 saturated carbocycles. The highest BCUT2D eigenvalue weighted by molar-refractivity contribution is 8.00. The highest BCUT2D eigenvalue weighted by Gasteiger charge is 2.24. The predicted molar refractivity (Wildman–Crippen MR) is 67.6 cm³/mol. The van der Waals surface area contributed by atoms with Crippen molar-refractivity contribution >= 4 is 17.4 Å². The number of hydrogen-bond donors (Lipinski definition) is 2. The van der Waals surface area contributed by atoms with Crippen LogP contribution in [0.25, 0.3) is 0 Å². The maximum Gasteiger partial charge on any atom is 0.0483 e. The quantitative estimate of drug-likeness (QED) is 0.808. The summed E-state index contributed by atoms with van der Waals surface area (Å²) >= 11 is 1.96. The molecule has 0 fully saturated rings. The van der Waals surface area contributed by atoms with Crippen LogP contribution in [0.5, 0.6) is 0 Å². The maximum absolute atomic E-state index is 5.62. The van der Waals surface area contributed by atoms with E-state index in [0.717, 1.165) is 13.0 Å². The third-order valence-corrected chi connectivity index (χ3v) is 4.36. The number of benzene rings is 1. The second kappa shape index (κ2) is 4.45. The van der Waals surface area contributed by atoms with Gasteiger partial charge in [-0.05, 0) is 44.5 Å². The van der Waals surface area contributed by atoms with E-state index in [9.17, 15) is 0 Å². The highest BCUT2D eigenvalue weighted by Crippen LogP contribution is 2.39. The van der Waals surface area contributed by atoms with E-state index in [4.69, 9.17) is 5.73 Å². The Morgan fingerprint density at radius 1 is 1.47 bits per heavy atom. The molecule has 0 amide bonds. The van der Waals surface area contributed by atoms with Crippen molar-refractivity contribution in [3.8, 4) is 0 Å². The zero-order valence-corrected chi connectivity index (χ0v) is 10.1. The van der Waals surface area contributed by atoms with E-state index in [2.05, 4.69) is 37.4 Å². The molecular weight excluding hydrogens is 204 g/mol. The summed E-state index contributed by atoms with van der Waals surface area (Å²) in [7, 11) is 0. The van der Waals surface area contributed by atoms with Crippen LogP contribution in [0.4, 0.5) is 5.69 Å². The normalized spacial score (nSPS) is 24.5. The lowest BCUT2D eigenvalue weighted by molar-refractivity contribution is 0.672. The highest BCUT2D eigenvalue weighted by atomic mass is 32.2. The van der Waals surface area contributed by atoms with Crippen LogP contribution in [0.1, 0.15) is 18.9 Å². The van der Waals surface area contributed by atoms with E-state index < -0.39 is 0 Å². The summed E-state index contributed by atoms with van der Waals surface area (Å²) < 4.78 is 0. The van der Waals surface area contributed by atoms with Gasteiger partial charge in [-0.3, -0.25) is 0 Å². The van der Waals surface area contributed by atoms with Crippen molar-refractivity contribution < 1.29 is 0 Å². The monoisotopic (exact) mass is 222 g/mol. The van der Waals surface area contributed by atoms with Gasteiger partial charge in [0.1, 0.15) is 0 Å². The van der Waals surface area contributed by atoms with Gasteiger partial charge in [0.2, 0.25) is 0 Å². The number of anilines is 1. The predicted octanol–water partition coefficient (Wildman–Crippen LogP) is 2.62. The Morgan fingerprint density at radius 2 is 2.27 bits per heavy atom. The fraction of sp³-hybridized carbons (Fsp3) is 0.500. The number of nitrogens with one attached hydrogen (secondary N) is 1. The fourth-order valence-electron chi connectivity index (χ4n) is 1.94. The average molecular weight is 222 g/mol. The van der Waals surface area contributed by atoms with Gasteiger partial charge in [0.15, 0.2) is 0 Å². The third-order valence-electron chi connectivity index (χ3n) is 2.81. The van der Waals surface area contributed by atoms with Gasteiger partial charge in [-0.25, -0.2) is 0 Å². The number of thioether (sulfide) groups is 1. The van der Waals surface area contributed by atoms with E-state index in [0.29, 0.717) is 11.3 Å². The van der Waals surface area contributed by atoms with Crippen LogP contribution in [0.2, 0.25) is 0 Å². The van der Waals surface area contributed by atoms with Gasteiger partial charge in [-0.1, -0.05) is 6.07 Å². The lowest BCUT2D eigenvalue weighted by atomic mass is 10.1. The minimum absolute atomic E-state index is 0.507. The number of nitrogens with two attached hydrogens (primary N) is 1. The summed E-state index contributed by atoms with van der Waals surface area (Å²) in [6.07, 6.45) is 1.08.